The van der Waals surface area contributed by atoms with Gasteiger partial charge in [0.2, 0.25) is 0 Å². The third-order valence-electron chi connectivity index (χ3n) is 8.68. The van der Waals surface area contributed by atoms with Crippen molar-refractivity contribution in [1.29, 1.82) is 0 Å². The number of carbonyl (C=O) groups is 1. The fourth-order valence-corrected chi connectivity index (χ4v) is 6.59. The highest BCUT2D eigenvalue weighted by molar-refractivity contribution is 6.08. The Balaban J connectivity index is 1.17. The molecule has 0 radical (unpaired) electrons. The standard InChI is InChI=1S/C33H39N3O3/c1-2-35(21-20-34-16-4-3-5-17-34)27-13-10-24(11-14-27)12-15-30(37)29-23-26-22-25-8-6-18-36-19-7-9-28(31(25)36)32(26)39-33(29)38/h10-15,22-23H,2-9,16-21H2,1H3/b15-12+. The average molecular weight is 526 g/mol. The number of hydrogen-bond donors (Lipinski definition) is 0. The molecule has 0 aliphatic carbocycles. The lowest BCUT2D eigenvalue weighted by atomic mass is 9.90. The zero-order valence-corrected chi connectivity index (χ0v) is 23.1. The van der Waals surface area contributed by atoms with Gasteiger partial charge in [-0.1, -0.05) is 24.6 Å². The number of likely N-dealkylation sites (N-methyl/N-ethyl adjacent to an activating group) is 1. The maximum atomic E-state index is 13.1. The maximum Gasteiger partial charge on any atom is 0.347 e. The van der Waals surface area contributed by atoms with Gasteiger partial charge in [0.05, 0.1) is 0 Å². The minimum Gasteiger partial charge on any atom is -0.422 e. The Hall–Kier alpha value is -3.38. The van der Waals surface area contributed by atoms with Gasteiger partial charge in [-0.3, -0.25) is 4.79 Å². The Bertz CT molecular complexity index is 1430. The number of benzene rings is 2. The molecular formula is C33H39N3O3. The molecule has 0 unspecified atom stereocenters. The molecule has 6 nitrogen and oxygen atoms in total. The van der Waals surface area contributed by atoms with Crippen LogP contribution in [0.2, 0.25) is 0 Å². The number of allylic oxidation sites excluding steroid dienone is 1. The quantitative estimate of drug-likeness (QED) is 0.214. The van der Waals surface area contributed by atoms with Crippen molar-refractivity contribution in [2.24, 2.45) is 0 Å². The molecule has 1 aromatic heterocycles. The topological polar surface area (TPSA) is 57.0 Å². The Morgan fingerprint density at radius 2 is 1.74 bits per heavy atom. The highest BCUT2D eigenvalue weighted by atomic mass is 16.4. The molecule has 39 heavy (non-hydrogen) atoms. The third kappa shape index (κ3) is 5.40. The van der Waals surface area contributed by atoms with Gasteiger partial charge < -0.3 is 19.1 Å². The maximum absolute atomic E-state index is 13.1. The second-order valence-corrected chi connectivity index (χ2v) is 11.2. The van der Waals surface area contributed by atoms with Crippen LogP contribution >= 0.6 is 0 Å². The molecule has 0 N–H and O–H groups in total. The van der Waals surface area contributed by atoms with Gasteiger partial charge in [-0.2, -0.15) is 0 Å². The monoisotopic (exact) mass is 525 g/mol. The molecule has 0 amide bonds. The van der Waals surface area contributed by atoms with E-state index in [0.717, 1.165) is 74.9 Å². The van der Waals surface area contributed by atoms with Gasteiger partial charge in [0, 0.05) is 55.0 Å². The number of carbonyl (C=O) groups excluding carboxylic acids is 1. The molecule has 1 fully saturated rings. The van der Waals surface area contributed by atoms with Gasteiger partial charge >= 0.3 is 5.63 Å². The lowest BCUT2D eigenvalue weighted by Gasteiger charge is -2.37. The van der Waals surface area contributed by atoms with E-state index in [-0.39, 0.29) is 11.3 Å². The SMILES string of the molecule is CCN(CCN1CCCCC1)c1ccc(/C=C/C(=O)c2cc3cc4c5c(c3oc2=O)CCCN5CCC4)cc1. The van der Waals surface area contributed by atoms with Crippen LogP contribution in [0, 0.1) is 0 Å². The molecule has 0 bridgehead atoms. The first-order chi connectivity index (χ1) is 19.1. The van der Waals surface area contributed by atoms with Crippen molar-refractivity contribution in [2.45, 2.75) is 51.9 Å². The van der Waals surface area contributed by atoms with Crippen LogP contribution in [-0.2, 0) is 12.8 Å². The van der Waals surface area contributed by atoms with Crippen LogP contribution in [0.4, 0.5) is 11.4 Å². The second-order valence-electron chi connectivity index (χ2n) is 11.2. The van der Waals surface area contributed by atoms with E-state index < -0.39 is 5.63 Å². The van der Waals surface area contributed by atoms with E-state index in [4.69, 9.17) is 4.42 Å². The minimum atomic E-state index is -0.552. The molecule has 6 rings (SSSR count). The predicted octanol–water partition coefficient (Wildman–Crippen LogP) is 5.70. The number of likely N-dealkylation sites (tertiary alicyclic amines) is 1. The number of nitrogens with zero attached hydrogens (tertiary/aromatic N) is 3. The van der Waals surface area contributed by atoms with E-state index in [1.54, 1.807) is 12.1 Å². The first-order valence-corrected chi connectivity index (χ1v) is 14.8. The molecule has 0 saturated carbocycles. The summed E-state index contributed by atoms with van der Waals surface area (Å²) in [6.07, 6.45) is 11.4. The Morgan fingerprint density at radius 1 is 0.974 bits per heavy atom. The van der Waals surface area contributed by atoms with Crippen molar-refractivity contribution in [2.75, 3.05) is 55.6 Å². The van der Waals surface area contributed by atoms with E-state index in [2.05, 4.69) is 39.8 Å². The summed E-state index contributed by atoms with van der Waals surface area (Å²) < 4.78 is 5.81. The first-order valence-electron chi connectivity index (χ1n) is 14.8. The summed E-state index contributed by atoms with van der Waals surface area (Å²) in [6, 6.07) is 12.2. The highest BCUT2D eigenvalue weighted by Gasteiger charge is 2.27. The van der Waals surface area contributed by atoms with Crippen LogP contribution in [0.3, 0.4) is 0 Å². The zero-order chi connectivity index (χ0) is 26.8. The molecule has 6 heteroatoms. The Morgan fingerprint density at radius 3 is 2.51 bits per heavy atom. The Kier molecular flexibility index (Phi) is 7.55. The number of piperidine rings is 1. The predicted molar refractivity (Wildman–Crippen MR) is 159 cm³/mol. The molecule has 0 atom stereocenters. The molecule has 0 spiro atoms. The number of hydrogen-bond acceptors (Lipinski definition) is 6. The van der Waals surface area contributed by atoms with Crippen LogP contribution in [0.1, 0.15) is 66.1 Å². The van der Waals surface area contributed by atoms with Crippen LogP contribution in [0.5, 0.6) is 0 Å². The molecule has 2 aromatic carbocycles. The van der Waals surface area contributed by atoms with Gasteiger partial charge in [-0.25, -0.2) is 4.79 Å². The molecular weight excluding hydrogens is 486 g/mol. The molecule has 3 aromatic rings. The van der Waals surface area contributed by atoms with E-state index >= 15 is 0 Å². The zero-order valence-electron chi connectivity index (χ0n) is 23.1. The molecule has 1 saturated heterocycles. The van der Waals surface area contributed by atoms with Crippen LogP contribution < -0.4 is 15.4 Å². The number of ketones is 1. The second kappa shape index (κ2) is 11.4. The summed E-state index contributed by atoms with van der Waals surface area (Å²) in [7, 11) is 0. The lowest BCUT2D eigenvalue weighted by molar-refractivity contribution is 0.104. The van der Waals surface area contributed by atoms with Crippen LogP contribution in [0.15, 0.2) is 51.7 Å². The van der Waals surface area contributed by atoms with Crippen molar-refractivity contribution >= 4 is 34.2 Å². The van der Waals surface area contributed by atoms with Crippen molar-refractivity contribution in [3.63, 3.8) is 0 Å². The summed E-state index contributed by atoms with van der Waals surface area (Å²) >= 11 is 0. The van der Waals surface area contributed by atoms with Gasteiger partial charge in [0.25, 0.3) is 0 Å². The lowest BCUT2D eigenvalue weighted by Crippen LogP contribution is -2.37. The van der Waals surface area contributed by atoms with Crippen LogP contribution in [-0.4, -0.2) is 56.5 Å². The largest absolute Gasteiger partial charge is 0.422 e. The van der Waals surface area contributed by atoms with Crippen LogP contribution in [0.25, 0.3) is 17.0 Å². The summed E-state index contributed by atoms with van der Waals surface area (Å²) in [4.78, 5) is 33.4. The van der Waals surface area contributed by atoms with Gasteiger partial charge in [0.1, 0.15) is 11.1 Å². The van der Waals surface area contributed by atoms with E-state index in [1.807, 2.05) is 12.1 Å². The Labute approximate surface area is 230 Å². The summed E-state index contributed by atoms with van der Waals surface area (Å²) in [6.45, 7) is 9.83. The molecule has 204 valence electrons. The smallest absolute Gasteiger partial charge is 0.347 e. The number of anilines is 2. The summed E-state index contributed by atoms with van der Waals surface area (Å²) in [5.74, 6) is -0.320. The van der Waals surface area contributed by atoms with Crippen molar-refractivity contribution in [3.8, 4) is 0 Å². The van der Waals surface area contributed by atoms with E-state index in [0.29, 0.717) is 5.58 Å². The van der Waals surface area contributed by atoms with Crippen molar-refractivity contribution < 1.29 is 9.21 Å². The normalized spacial score (nSPS) is 17.5. The number of fused-ring (bicyclic) bond motifs is 2. The van der Waals surface area contributed by atoms with E-state index in [1.165, 1.54) is 55.4 Å². The number of rotatable bonds is 8. The van der Waals surface area contributed by atoms with E-state index in [9.17, 15) is 9.59 Å². The highest BCUT2D eigenvalue weighted by Crippen LogP contribution is 2.39. The first kappa shape index (κ1) is 25.9. The van der Waals surface area contributed by atoms with Gasteiger partial charge in [-0.05, 0) is 100 Å². The average Bonchev–Trinajstić information content (AvgIpc) is 2.98. The molecule has 4 heterocycles. The van der Waals surface area contributed by atoms with Gasteiger partial charge in [-0.15, -0.1) is 0 Å². The fraction of sp³-hybridized carbons (Fsp3) is 0.455. The molecule has 3 aliphatic heterocycles. The van der Waals surface area contributed by atoms with Gasteiger partial charge in [0.15, 0.2) is 5.78 Å². The van der Waals surface area contributed by atoms with Crippen molar-refractivity contribution in [1.82, 2.24) is 4.90 Å². The molecule has 3 aliphatic rings. The summed E-state index contributed by atoms with van der Waals surface area (Å²) in [5.41, 5.74) is 6.04. The summed E-state index contributed by atoms with van der Waals surface area (Å²) in [5, 5.41) is 0.859. The van der Waals surface area contributed by atoms with Crippen molar-refractivity contribution in [3.05, 3.63) is 75.1 Å². The third-order valence-corrected chi connectivity index (χ3v) is 8.68. The fourth-order valence-electron chi connectivity index (χ4n) is 6.59. The number of aryl methyl sites for hydroxylation is 2. The minimum absolute atomic E-state index is 0.0980.